The number of nitrogens with two attached hydrogens (primary N) is 1. The Kier molecular flexibility index (Phi) is 4.11. The first-order valence-corrected chi connectivity index (χ1v) is 6.23. The Bertz CT molecular complexity index is 600. The van der Waals surface area contributed by atoms with E-state index in [1.807, 2.05) is 6.07 Å². The zero-order valence-corrected chi connectivity index (χ0v) is 10.3. The molecule has 0 saturated heterocycles. The molecule has 1 heterocycles. The van der Waals surface area contributed by atoms with Crippen molar-refractivity contribution in [1.82, 2.24) is 9.97 Å². The molecule has 1 aromatic heterocycles. The smallest absolute Gasteiger partial charge is 0.251 e. The molecule has 3 N–H and O–H groups in total. The van der Waals surface area contributed by atoms with E-state index in [0.717, 1.165) is 17.3 Å². The van der Waals surface area contributed by atoms with Crippen LogP contribution in [-0.2, 0) is 6.42 Å². The molecule has 0 aliphatic rings. The summed E-state index contributed by atoms with van der Waals surface area (Å²) in [6.45, 7) is 0.440. The van der Waals surface area contributed by atoms with Crippen LogP contribution in [0.3, 0.4) is 0 Å². The molecule has 0 bridgehead atoms. The lowest BCUT2D eigenvalue weighted by Crippen LogP contribution is -2.07. The second-order valence-corrected chi connectivity index (χ2v) is 4.61. The van der Waals surface area contributed by atoms with Gasteiger partial charge in [-0.05, 0) is 36.4 Å². The van der Waals surface area contributed by atoms with Gasteiger partial charge in [0.25, 0.3) is 5.56 Å². The van der Waals surface area contributed by atoms with Gasteiger partial charge in [0, 0.05) is 12.3 Å². The van der Waals surface area contributed by atoms with E-state index in [4.69, 9.17) is 5.73 Å². The fraction of sp³-hybridized carbons (Fsp3) is 0.167. The van der Waals surface area contributed by atoms with Gasteiger partial charge < -0.3 is 10.7 Å². The van der Waals surface area contributed by atoms with Gasteiger partial charge in [0.2, 0.25) is 0 Å². The van der Waals surface area contributed by atoms with Crippen molar-refractivity contribution in [3.8, 4) is 0 Å². The summed E-state index contributed by atoms with van der Waals surface area (Å²) in [5, 5.41) is 0.367. The Morgan fingerprint density at radius 3 is 2.94 bits per heavy atom. The van der Waals surface area contributed by atoms with E-state index >= 15 is 0 Å². The van der Waals surface area contributed by atoms with E-state index in [9.17, 15) is 9.18 Å². The number of aromatic amines is 1. The van der Waals surface area contributed by atoms with Gasteiger partial charge in [-0.1, -0.05) is 12.1 Å². The lowest BCUT2D eigenvalue weighted by molar-refractivity contribution is 0.596. The SMILES string of the molecule is NCCc1cccc(F)c1Sc1nccc(=O)[nH]1. The molecule has 1 aromatic carbocycles. The highest BCUT2D eigenvalue weighted by atomic mass is 32.2. The van der Waals surface area contributed by atoms with Gasteiger partial charge >= 0.3 is 0 Å². The van der Waals surface area contributed by atoms with Crippen molar-refractivity contribution in [1.29, 1.82) is 0 Å². The number of H-pyrrole nitrogens is 1. The lowest BCUT2D eigenvalue weighted by Gasteiger charge is -2.08. The minimum Gasteiger partial charge on any atom is -0.330 e. The van der Waals surface area contributed by atoms with Crippen LogP contribution < -0.4 is 11.3 Å². The third-order valence-electron chi connectivity index (χ3n) is 2.31. The van der Waals surface area contributed by atoms with E-state index < -0.39 is 0 Å². The summed E-state index contributed by atoms with van der Waals surface area (Å²) in [6.07, 6.45) is 1.97. The molecule has 18 heavy (non-hydrogen) atoms. The topological polar surface area (TPSA) is 71.8 Å². The average Bonchev–Trinajstić information content (AvgIpc) is 2.34. The van der Waals surface area contributed by atoms with Crippen molar-refractivity contribution in [2.45, 2.75) is 16.5 Å². The molecular weight excluding hydrogens is 253 g/mol. The number of hydrogen-bond donors (Lipinski definition) is 2. The first-order valence-electron chi connectivity index (χ1n) is 5.41. The summed E-state index contributed by atoms with van der Waals surface area (Å²) in [6, 6.07) is 6.15. The fourth-order valence-corrected chi connectivity index (χ4v) is 2.45. The molecule has 94 valence electrons. The van der Waals surface area contributed by atoms with Crippen LogP contribution in [0, 0.1) is 5.82 Å². The maximum atomic E-state index is 13.8. The number of nitrogens with zero attached hydrogens (tertiary/aromatic N) is 1. The van der Waals surface area contributed by atoms with E-state index in [0.29, 0.717) is 23.0 Å². The zero-order valence-electron chi connectivity index (χ0n) is 9.52. The number of aromatic nitrogens is 2. The standard InChI is InChI=1S/C12H12FN3OS/c13-9-3-1-2-8(4-6-14)11(9)18-12-15-7-5-10(17)16-12/h1-3,5,7H,4,6,14H2,(H,15,16,17). The first kappa shape index (κ1) is 12.8. The molecule has 2 aromatic rings. The molecule has 0 saturated carbocycles. The Morgan fingerprint density at radius 1 is 1.39 bits per heavy atom. The number of halogens is 1. The molecule has 0 radical (unpaired) electrons. The monoisotopic (exact) mass is 265 g/mol. The van der Waals surface area contributed by atoms with Crippen molar-refractivity contribution in [3.63, 3.8) is 0 Å². The van der Waals surface area contributed by atoms with E-state index in [1.54, 1.807) is 6.07 Å². The van der Waals surface area contributed by atoms with Crippen LogP contribution in [0.1, 0.15) is 5.56 Å². The Labute approximate surface area is 107 Å². The van der Waals surface area contributed by atoms with Crippen LogP contribution in [0.15, 0.2) is 45.3 Å². The normalized spacial score (nSPS) is 10.6. The first-order chi connectivity index (χ1) is 8.70. The van der Waals surface area contributed by atoms with Crippen molar-refractivity contribution in [2.75, 3.05) is 6.54 Å². The van der Waals surface area contributed by atoms with Crippen molar-refractivity contribution in [3.05, 3.63) is 52.2 Å². The van der Waals surface area contributed by atoms with Crippen LogP contribution in [-0.4, -0.2) is 16.5 Å². The van der Waals surface area contributed by atoms with Crippen LogP contribution in [0.5, 0.6) is 0 Å². The quantitative estimate of drug-likeness (QED) is 0.823. The molecule has 4 nitrogen and oxygen atoms in total. The minimum absolute atomic E-state index is 0.260. The van der Waals surface area contributed by atoms with Crippen molar-refractivity contribution >= 4 is 11.8 Å². The Morgan fingerprint density at radius 2 is 2.22 bits per heavy atom. The molecule has 0 aliphatic heterocycles. The van der Waals surface area contributed by atoms with Gasteiger partial charge in [0.05, 0.1) is 4.90 Å². The van der Waals surface area contributed by atoms with Crippen molar-refractivity contribution < 1.29 is 4.39 Å². The molecular formula is C12H12FN3OS. The molecule has 0 amide bonds. The molecule has 0 aliphatic carbocycles. The summed E-state index contributed by atoms with van der Waals surface area (Å²) >= 11 is 1.10. The van der Waals surface area contributed by atoms with E-state index in [2.05, 4.69) is 9.97 Å². The van der Waals surface area contributed by atoms with Gasteiger partial charge in [0.1, 0.15) is 5.82 Å². The van der Waals surface area contributed by atoms with Gasteiger partial charge in [0.15, 0.2) is 5.16 Å². The summed E-state index contributed by atoms with van der Waals surface area (Å²) in [5.41, 5.74) is 6.05. The van der Waals surface area contributed by atoms with Crippen LogP contribution in [0.25, 0.3) is 0 Å². The highest BCUT2D eigenvalue weighted by Gasteiger charge is 2.10. The molecule has 0 spiro atoms. The predicted molar refractivity (Wildman–Crippen MR) is 68.1 cm³/mol. The Hall–Kier alpha value is -1.66. The van der Waals surface area contributed by atoms with Crippen LogP contribution in [0.2, 0.25) is 0 Å². The molecule has 0 atom stereocenters. The summed E-state index contributed by atoms with van der Waals surface area (Å²) < 4.78 is 13.8. The number of rotatable bonds is 4. The highest BCUT2D eigenvalue weighted by molar-refractivity contribution is 7.99. The number of benzene rings is 1. The summed E-state index contributed by atoms with van der Waals surface area (Å²) in [7, 11) is 0. The largest absolute Gasteiger partial charge is 0.330 e. The van der Waals surface area contributed by atoms with Crippen LogP contribution in [0.4, 0.5) is 4.39 Å². The zero-order chi connectivity index (χ0) is 13.0. The minimum atomic E-state index is -0.336. The maximum Gasteiger partial charge on any atom is 0.251 e. The van der Waals surface area contributed by atoms with Gasteiger partial charge in [-0.25, -0.2) is 9.37 Å². The second kappa shape index (κ2) is 5.79. The van der Waals surface area contributed by atoms with Gasteiger partial charge in [-0.2, -0.15) is 0 Å². The Balaban J connectivity index is 2.36. The van der Waals surface area contributed by atoms with Crippen molar-refractivity contribution in [2.24, 2.45) is 5.73 Å². The average molecular weight is 265 g/mol. The third kappa shape index (κ3) is 2.96. The van der Waals surface area contributed by atoms with E-state index in [-0.39, 0.29) is 11.4 Å². The molecule has 6 heteroatoms. The lowest BCUT2D eigenvalue weighted by atomic mass is 10.1. The van der Waals surface area contributed by atoms with Gasteiger partial charge in [-0.15, -0.1) is 0 Å². The third-order valence-corrected chi connectivity index (χ3v) is 3.37. The number of hydrogen-bond acceptors (Lipinski definition) is 4. The second-order valence-electron chi connectivity index (χ2n) is 3.61. The van der Waals surface area contributed by atoms with E-state index in [1.165, 1.54) is 18.3 Å². The fourth-order valence-electron chi connectivity index (χ4n) is 1.52. The molecule has 0 unspecified atom stereocenters. The van der Waals surface area contributed by atoms with Crippen LogP contribution >= 0.6 is 11.8 Å². The molecule has 2 rings (SSSR count). The summed E-state index contributed by atoms with van der Waals surface area (Å²) in [4.78, 5) is 18.1. The maximum absolute atomic E-state index is 13.8. The molecule has 0 fully saturated rings. The predicted octanol–water partition coefficient (Wildman–Crippen LogP) is 1.56. The van der Waals surface area contributed by atoms with Gasteiger partial charge in [-0.3, -0.25) is 4.79 Å². The highest BCUT2D eigenvalue weighted by Crippen LogP contribution is 2.30. The number of nitrogens with one attached hydrogen (secondary N) is 1. The summed E-state index contributed by atoms with van der Waals surface area (Å²) in [5.74, 6) is -0.336.